The van der Waals surface area contributed by atoms with Gasteiger partial charge in [-0.3, -0.25) is 4.79 Å². The van der Waals surface area contributed by atoms with Crippen molar-refractivity contribution in [2.24, 2.45) is 0 Å². The molecule has 0 bridgehead atoms. The number of ether oxygens (including phenoxy) is 1. The zero-order chi connectivity index (χ0) is 18.6. The normalized spacial score (nSPS) is 16.9. The zero-order valence-corrected chi connectivity index (χ0v) is 15.2. The second-order valence-corrected chi connectivity index (χ2v) is 6.64. The lowest BCUT2D eigenvalue weighted by atomic mass is 9.97. The number of carbonyl (C=O) groups excluding carboxylic acids is 1. The molecule has 1 saturated heterocycles. The number of amides is 1. The van der Waals surface area contributed by atoms with E-state index in [0.717, 1.165) is 30.7 Å². The molecule has 0 radical (unpaired) electrons. The van der Waals surface area contributed by atoms with Gasteiger partial charge in [0, 0.05) is 24.2 Å². The van der Waals surface area contributed by atoms with Crippen molar-refractivity contribution in [1.82, 2.24) is 15.0 Å². The van der Waals surface area contributed by atoms with Crippen LogP contribution in [0.25, 0.3) is 11.4 Å². The molecule has 1 aromatic heterocycles. The molecule has 0 spiro atoms. The Hall–Kier alpha value is -3.15. The summed E-state index contributed by atoms with van der Waals surface area (Å²) >= 11 is 0. The molecular formula is C21H21N3O3. The van der Waals surface area contributed by atoms with Crippen LogP contribution in [0.1, 0.15) is 35.0 Å². The lowest BCUT2D eigenvalue weighted by molar-refractivity contribution is 0.0695. The van der Waals surface area contributed by atoms with Gasteiger partial charge in [-0.2, -0.15) is 4.98 Å². The molecule has 138 valence electrons. The fourth-order valence-electron chi connectivity index (χ4n) is 3.41. The first-order valence-corrected chi connectivity index (χ1v) is 9.07. The van der Waals surface area contributed by atoms with Crippen LogP contribution in [0.5, 0.6) is 5.75 Å². The smallest absolute Gasteiger partial charge is 0.253 e. The highest BCUT2D eigenvalue weighted by Gasteiger charge is 2.29. The highest BCUT2D eigenvalue weighted by atomic mass is 16.5. The summed E-state index contributed by atoms with van der Waals surface area (Å²) in [5.41, 5.74) is 1.55. The van der Waals surface area contributed by atoms with Gasteiger partial charge in [-0.25, -0.2) is 0 Å². The highest BCUT2D eigenvalue weighted by molar-refractivity contribution is 5.94. The SMILES string of the molecule is COc1cccc(-c2noc(C3CCCN(C(=O)c4ccccc4)C3)n2)c1. The van der Waals surface area contributed by atoms with Crippen molar-refractivity contribution >= 4 is 5.91 Å². The molecule has 3 aromatic rings. The van der Waals surface area contributed by atoms with E-state index in [1.165, 1.54) is 0 Å². The summed E-state index contributed by atoms with van der Waals surface area (Å²) in [5.74, 6) is 1.97. The lowest BCUT2D eigenvalue weighted by Gasteiger charge is -2.31. The topological polar surface area (TPSA) is 68.5 Å². The Bertz CT molecular complexity index is 923. The Morgan fingerprint density at radius 2 is 2.04 bits per heavy atom. The molecule has 4 rings (SSSR count). The van der Waals surface area contributed by atoms with E-state index in [1.807, 2.05) is 59.5 Å². The summed E-state index contributed by atoms with van der Waals surface area (Å²) in [6, 6.07) is 16.9. The third-order valence-corrected chi connectivity index (χ3v) is 4.85. The van der Waals surface area contributed by atoms with Crippen molar-refractivity contribution in [3.63, 3.8) is 0 Å². The number of hydrogen-bond donors (Lipinski definition) is 0. The first kappa shape index (κ1) is 17.3. The summed E-state index contributed by atoms with van der Waals surface area (Å²) in [6.07, 6.45) is 1.85. The van der Waals surface area contributed by atoms with E-state index in [4.69, 9.17) is 9.26 Å². The van der Waals surface area contributed by atoms with Gasteiger partial charge in [-0.1, -0.05) is 35.5 Å². The fraction of sp³-hybridized carbons (Fsp3) is 0.286. The maximum Gasteiger partial charge on any atom is 0.253 e. The number of carbonyl (C=O) groups is 1. The molecule has 0 aliphatic carbocycles. The molecule has 1 aliphatic heterocycles. The zero-order valence-electron chi connectivity index (χ0n) is 15.2. The minimum absolute atomic E-state index is 0.0489. The van der Waals surface area contributed by atoms with Crippen molar-refractivity contribution in [2.75, 3.05) is 20.2 Å². The van der Waals surface area contributed by atoms with E-state index in [0.29, 0.717) is 23.8 Å². The molecule has 0 saturated carbocycles. The van der Waals surface area contributed by atoms with Gasteiger partial charge >= 0.3 is 0 Å². The summed E-state index contributed by atoms with van der Waals surface area (Å²) < 4.78 is 10.8. The van der Waals surface area contributed by atoms with Gasteiger partial charge in [-0.15, -0.1) is 0 Å². The van der Waals surface area contributed by atoms with Gasteiger partial charge in [0.15, 0.2) is 0 Å². The van der Waals surface area contributed by atoms with Crippen LogP contribution in [-0.4, -0.2) is 41.1 Å². The summed E-state index contributed by atoms with van der Waals surface area (Å²) in [6.45, 7) is 1.34. The van der Waals surface area contributed by atoms with Crippen LogP contribution >= 0.6 is 0 Å². The number of nitrogens with zero attached hydrogens (tertiary/aromatic N) is 3. The summed E-state index contributed by atoms with van der Waals surface area (Å²) in [7, 11) is 1.63. The van der Waals surface area contributed by atoms with Crippen molar-refractivity contribution in [3.05, 3.63) is 66.1 Å². The molecule has 0 N–H and O–H groups in total. The van der Waals surface area contributed by atoms with Crippen LogP contribution in [-0.2, 0) is 0 Å². The number of likely N-dealkylation sites (tertiary alicyclic amines) is 1. The van der Waals surface area contributed by atoms with Crippen LogP contribution in [0, 0.1) is 0 Å². The van der Waals surface area contributed by atoms with Crippen molar-refractivity contribution in [3.8, 4) is 17.1 Å². The molecule has 6 heteroatoms. The molecule has 1 fully saturated rings. The van der Waals surface area contributed by atoms with Crippen LogP contribution in [0.2, 0.25) is 0 Å². The molecule has 1 unspecified atom stereocenters. The Labute approximate surface area is 157 Å². The van der Waals surface area contributed by atoms with E-state index in [-0.39, 0.29) is 11.8 Å². The van der Waals surface area contributed by atoms with E-state index in [1.54, 1.807) is 7.11 Å². The lowest BCUT2D eigenvalue weighted by Crippen LogP contribution is -2.39. The van der Waals surface area contributed by atoms with Gasteiger partial charge in [0.25, 0.3) is 5.91 Å². The van der Waals surface area contributed by atoms with Crippen molar-refractivity contribution in [2.45, 2.75) is 18.8 Å². The second-order valence-electron chi connectivity index (χ2n) is 6.64. The van der Waals surface area contributed by atoms with E-state index >= 15 is 0 Å². The quantitative estimate of drug-likeness (QED) is 0.706. The molecule has 27 heavy (non-hydrogen) atoms. The number of hydrogen-bond acceptors (Lipinski definition) is 5. The minimum Gasteiger partial charge on any atom is -0.497 e. The summed E-state index contributed by atoms with van der Waals surface area (Å²) in [4.78, 5) is 19.2. The molecule has 1 atom stereocenters. The number of piperidine rings is 1. The van der Waals surface area contributed by atoms with E-state index < -0.39 is 0 Å². The monoisotopic (exact) mass is 363 g/mol. The minimum atomic E-state index is 0.0489. The maximum atomic E-state index is 12.7. The molecular weight excluding hydrogens is 342 g/mol. The largest absolute Gasteiger partial charge is 0.497 e. The molecule has 1 aliphatic rings. The van der Waals surface area contributed by atoms with Crippen LogP contribution in [0.4, 0.5) is 0 Å². The van der Waals surface area contributed by atoms with Crippen LogP contribution in [0.3, 0.4) is 0 Å². The van der Waals surface area contributed by atoms with Gasteiger partial charge in [-0.05, 0) is 37.1 Å². The van der Waals surface area contributed by atoms with E-state index in [2.05, 4.69) is 10.1 Å². The third kappa shape index (κ3) is 3.69. The van der Waals surface area contributed by atoms with Gasteiger partial charge in [0.1, 0.15) is 5.75 Å². The van der Waals surface area contributed by atoms with Gasteiger partial charge < -0.3 is 14.2 Å². The average molecular weight is 363 g/mol. The average Bonchev–Trinajstić information content (AvgIpc) is 3.24. The Balaban J connectivity index is 1.50. The molecule has 6 nitrogen and oxygen atoms in total. The highest BCUT2D eigenvalue weighted by Crippen LogP contribution is 2.29. The van der Waals surface area contributed by atoms with Gasteiger partial charge in [0.05, 0.1) is 13.0 Å². The first-order valence-electron chi connectivity index (χ1n) is 9.07. The van der Waals surface area contributed by atoms with Crippen LogP contribution in [0.15, 0.2) is 59.1 Å². The van der Waals surface area contributed by atoms with Crippen molar-refractivity contribution in [1.29, 1.82) is 0 Å². The molecule has 2 aromatic carbocycles. The Kier molecular flexibility index (Phi) is 4.87. The second kappa shape index (κ2) is 7.61. The first-order chi connectivity index (χ1) is 13.2. The number of rotatable bonds is 4. The number of methoxy groups -OCH3 is 1. The predicted octanol–water partition coefficient (Wildman–Crippen LogP) is 3.77. The van der Waals surface area contributed by atoms with Crippen molar-refractivity contribution < 1.29 is 14.1 Å². The Morgan fingerprint density at radius 3 is 2.85 bits per heavy atom. The molecule has 2 heterocycles. The Morgan fingerprint density at radius 1 is 1.19 bits per heavy atom. The standard InChI is InChI=1S/C21H21N3O3/c1-26-18-11-5-9-16(13-18)19-22-20(27-23-19)17-10-6-12-24(14-17)21(25)15-7-3-2-4-8-15/h2-5,7-9,11,13,17H,6,10,12,14H2,1H3. The predicted molar refractivity (Wildman–Crippen MR) is 101 cm³/mol. The van der Waals surface area contributed by atoms with Crippen LogP contribution < -0.4 is 4.74 Å². The molecule has 1 amide bonds. The number of benzene rings is 2. The summed E-state index contributed by atoms with van der Waals surface area (Å²) in [5, 5.41) is 4.12. The third-order valence-electron chi connectivity index (χ3n) is 4.85. The number of aromatic nitrogens is 2. The van der Waals surface area contributed by atoms with E-state index in [9.17, 15) is 4.79 Å². The fourth-order valence-corrected chi connectivity index (χ4v) is 3.41. The van der Waals surface area contributed by atoms with Gasteiger partial charge in [0.2, 0.25) is 11.7 Å². The maximum absolute atomic E-state index is 12.7.